The van der Waals surface area contributed by atoms with Crippen molar-refractivity contribution < 1.29 is 0 Å². The maximum absolute atomic E-state index is 8.60. The molecule has 1 N–H and O–H groups in total. The Bertz CT molecular complexity index is 571. The van der Waals surface area contributed by atoms with Crippen molar-refractivity contribution >= 4 is 18.0 Å². The Morgan fingerprint density at radius 3 is 2.57 bits per heavy atom. The van der Waals surface area contributed by atoms with Crippen molar-refractivity contribution in [3.05, 3.63) is 59.7 Å². The molecule has 0 unspecified atom stereocenters. The topological polar surface area (TPSA) is 50.9 Å². The first-order valence-corrected chi connectivity index (χ1v) is 6.91. The average molecular weight is 279 g/mol. The highest BCUT2D eigenvalue weighted by Crippen LogP contribution is 2.15. The molecule has 1 rings (SSSR count). The molecule has 0 saturated heterocycles. The third kappa shape index (κ3) is 5.92. The zero-order valence-corrected chi connectivity index (χ0v) is 12.6. The van der Waals surface area contributed by atoms with Crippen molar-refractivity contribution in [3.63, 3.8) is 0 Å². The second-order valence-corrected chi connectivity index (χ2v) is 4.59. The third-order valence-corrected chi connectivity index (χ3v) is 3.00. The summed E-state index contributed by atoms with van der Waals surface area (Å²) in [6, 6.07) is 10.3. The van der Waals surface area contributed by atoms with Crippen molar-refractivity contribution in [2.45, 2.75) is 13.3 Å². The van der Waals surface area contributed by atoms with Gasteiger partial charge in [0.2, 0.25) is 0 Å². The Morgan fingerprint density at radius 1 is 1.29 bits per heavy atom. The zero-order chi connectivity index (χ0) is 15.5. The van der Waals surface area contributed by atoms with E-state index in [0.29, 0.717) is 6.42 Å². The predicted octanol–water partition coefficient (Wildman–Crippen LogP) is 4.20. The molecule has 0 aliphatic heterocycles. The van der Waals surface area contributed by atoms with Crippen LogP contribution in [0.5, 0.6) is 0 Å². The maximum atomic E-state index is 8.60. The summed E-state index contributed by atoms with van der Waals surface area (Å²) in [5.41, 5.74) is 3.20. The van der Waals surface area contributed by atoms with Crippen LogP contribution in [-0.4, -0.2) is 19.8 Å². The number of rotatable bonds is 7. The number of anilines is 1. The van der Waals surface area contributed by atoms with Crippen LogP contribution in [0.25, 0.3) is 6.08 Å². The van der Waals surface area contributed by atoms with Crippen LogP contribution in [0.3, 0.4) is 0 Å². The molecule has 0 fully saturated rings. The number of allylic oxidation sites excluding steroid dienone is 5. The first-order chi connectivity index (χ1) is 10.2. The minimum absolute atomic E-state index is 0.527. The molecule has 0 saturated carbocycles. The number of hydrogen-bond acceptors (Lipinski definition) is 3. The van der Waals surface area contributed by atoms with Gasteiger partial charge in [-0.15, -0.1) is 0 Å². The molecule has 0 radical (unpaired) electrons. The van der Waals surface area contributed by atoms with Crippen molar-refractivity contribution in [2.75, 3.05) is 18.5 Å². The smallest absolute Gasteiger partial charge is 0.0640 e. The van der Waals surface area contributed by atoms with Crippen LogP contribution >= 0.6 is 0 Å². The molecule has 0 aliphatic carbocycles. The van der Waals surface area contributed by atoms with Crippen molar-refractivity contribution in [2.24, 2.45) is 0 Å². The molecule has 108 valence electrons. The van der Waals surface area contributed by atoms with E-state index in [0.717, 1.165) is 23.4 Å². The van der Waals surface area contributed by atoms with Gasteiger partial charge < -0.3 is 10.3 Å². The molecule has 3 heteroatoms. The van der Waals surface area contributed by atoms with Gasteiger partial charge in [-0.2, -0.15) is 5.26 Å². The Kier molecular flexibility index (Phi) is 7.31. The van der Waals surface area contributed by atoms with Gasteiger partial charge in [0.1, 0.15) is 0 Å². The minimum atomic E-state index is 0.527. The largest absolute Gasteiger partial charge is 0.374 e. The van der Waals surface area contributed by atoms with E-state index in [9.17, 15) is 0 Å². The number of benzene rings is 1. The van der Waals surface area contributed by atoms with Crippen LogP contribution in [0.4, 0.5) is 5.69 Å². The zero-order valence-electron chi connectivity index (χ0n) is 12.6. The number of nitrogens with one attached hydrogen (secondary N) is 1. The fraction of sp³-hybridized carbons (Fsp3) is 0.222. The quantitative estimate of drug-likeness (QED) is 0.600. The molecule has 1 aromatic rings. The number of nitrogens with zero attached hydrogens (tertiary/aromatic N) is 2. The highest BCUT2D eigenvalue weighted by molar-refractivity contribution is 5.72. The molecule has 0 aromatic heterocycles. The molecule has 21 heavy (non-hydrogen) atoms. The minimum Gasteiger partial charge on any atom is -0.374 e. The van der Waals surface area contributed by atoms with E-state index in [1.54, 1.807) is 6.08 Å². The normalized spacial score (nSPS) is 11.8. The van der Waals surface area contributed by atoms with E-state index < -0.39 is 0 Å². The van der Waals surface area contributed by atoms with E-state index in [1.165, 1.54) is 6.21 Å². The fourth-order valence-electron chi connectivity index (χ4n) is 1.83. The van der Waals surface area contributed by atoms with E-state index in [2.05, 4.69) is 11.0 Å². The van der Waals surface area contributed by atoms with Crippen LogP contribution in [0.1, 0.15) is 18.9 Å². The van der Waals surface area contributed by atoms with Crippen molar-refractivity contribution in [3.8, 4) is 6.07 Å². The molecular formula is C18H21N3. The summed E-state index contributed by atoms with van der Waals surface area (Å²) in [6.45, 7) is 2.69. The van der Waals surface area contributed by atoms with Crippen LogP contribution < -0.4 is 4.90 Å². The molecule has 0 aliphatic rings. The lowest BCUT2D eigenvalue weighted by atomic mass is 10.1. The number of hydrogen-bond donors (Lipinski definition) is 1. The van der Waals surface area contributed by atoms with Gasteiger partial charge in [-0.3, -0.25) is 0 Å². The SMILES string of the molecule is C\C=C/C(/C=C/c1ccc(N(C)CCC#N)cc1)=C\C=N. The summed E-state index contributed by atoms with van der Waals surface area (Å²) in [4.78, 5) is 2.07. The van der Waals surface area contributed by atoms with E-state index in [1.807, 2.05) is 62.5 Å². The van der Waals surface area contributed by atoms with Crippen LogP contribution in [-0.2, 0) is 0 Å². The fourth-order valence-corrected chi connectivity index (χ4v) is 1.83. The Labute approximate surface area is 127 Å². The summed E-state index contributed by atoms with van der Waals surface area (Å²) in [5, 5.41) is 15.7. The van der Waals surface area contributed by atoms with Crippen molar-refractivity contribution in [1.29, 1.82) is 10.7 Å². The third-order valence-electron chi connectivity index (χ3n) is 3.00. The molecular weight excluding hydrogens is 258 g/mol. The van der Waals surface area contributed by atoms with Gasteiger partial charge >= 0.3 is 0 Å². The highest BCUT2D eigenvalue weighted by Gasteiger charge is 1.99. The molecule has 0 atom stereocenters. The molecule has 0 amide bonds. The number of nitriles is 1. The Morgan fingerprint density at radius 2 is 2.00 bits per heavy atom. The van der Waals surface area contributed by atoms with E-state index in [4.69, 9.17) is 10.7 Å². The van der Waals surface area contributed by atoms with Gasteiger partial charge in [0.15, 0.2) is 0 Å². The summed E-state index contributed by atoms with van der Waals surface area (Å²) in [7, 11) is 1.99. The molecule has 3 nitrogen and oxygen atoms in total. The van der Waals surface area contributed by atoms with Gasteiger partial charge in [-0.1, -0.05) is 36.4 Å². The van der Waals surface area contributed by atoms with Gasteiger partial charge in [0.25, 0.3) is 0 Å². The maximum Gasteiger partial charge on any atom is 0.0640 e. The molecule has 0 bridgehead atoms. The standard InChI is InChI=1S/C18H21N3/c1-3-5-16(12-14-20)6-7-17-8-10-18(11-9-17)21(2)15-4-13-19/h3,5-12,14,20H,4,15H2,1-2H3/b5-3-,7-6+,16-12+,20-14?. The average Bonchev–Trinajstić information content (AvgIpc) is 2.51. The first-order valence-electron chi connectivity index (χ1n) is 6.91. The second-order valence-electron chi connectivity index (χ2n) is 4.59. The summed E-state index contributed by atoms with van der Waals surface area (Å²) < 4.78 is 0. The van der Waals surface area contributed by atoms with Crippen LogP contribution in [0.15, 0.2) is 54.1 Å². The molecule has 0 spiro atoms. The Balaban J connectivity index is 2.76. The lowest BCUT2D eigenvalue weighted by Crippen LogP contribution is -2.17. The lowest BCUT2D eigenvalue weighted by molar-refractivity contribution is 0.905. The summed E-state index contributed by atoms with van der Waals surface area (Å²) in [5.74, 6) is 0. The van der Waals surface area contributed by atoms with Crippen LogP contribution in [0, 0.1) is 16.7 Å². The van der Waals surface area contributed by atoms with Gasteiger partial charge in [0, 0.05) is 25.5 Å². The first kappa shape index (κ1) is 16.5. The van der Waals surface area contributed by atoms with E-state index >= 15 is 0 Å². The van der Waals surface area contributed by atoms with E-state index in [-0.39, 0.29) is 0 Å². The highest BCUT2D eigenvalue weighted by atomic mass is 15.1. The summed E-state index contributed by atoms with van der Waals surface area (Å²) in [6.07, 6.45) is 11.5. The monoisotopic (exact) mass is 279 g/mol. The van der Waals surface area contributed by atoms with Gasteiger partial charge in [-0.05, 0) is 36.3 Å². The molecule has 1 aromatic carbocycles. The molecule has 0 heterocycles. The van der Waals surface area contributed by atoms with Crippen molar-refractivity contribution in [1.82, 2.24) is 0 Å². The van der Waals surface area contributed by atoms with Gasteiger partial charge in [0.05, 0.1) is 12.5 Å². The second kappa shape index (κ2) is 9.33. The predicted molar refractivity (Wildman–Crippen MR) is 90.7 cm³/mol. The van der Waals surface area contributed by atoms with Crippen LogP contribution in [0.2, 0.25) is 0 Å². The summed E-state index contributed by atoms with van der Waals surface area (Å²) >= 11 is 0. The van der Waals surface area contributed by atoms with Gasteiger partial charge in [-0.25, -0.2) is 0 Å². The lowest BCUT2D eigenvalue weighted by Gasteiger charge is -2.17. The Hall–Kier alpha value is -2.60.